The smallest absolute Gasteiger partial charge is 0.327 e. The Morgan fingerprint density at radius 3 is 2.38 bits per heavy atom. The number of carboxylic acids is 1. The van der Waals surface area contributed by atoms with Crippen LogP contribution in [0.25, 0.3) is 0 Å². The molecule has 0 radical (unpaired) electrons. The minimum Gasteiger partial charge on any atom is -0.481 e. The van der Waals surface area contributed by atoms with Crippen molar-refractivity contribution in [3.63, 3.8) is 0 Å². The lowest BCUT2D eigenvalue weighted by Gasteiger charge is -2.43. The quantitative estimate of drug-likeness (QED) is 0.431. The molecule has 37 heavy (non-hydrogen) atoms. The number of β-amino-alcohol motifs (C(OH)–C–C–N with tert-alkyl or cyclic N) is 1. The summed E-state index contributed by atoms with van der Waals surface area (Å²) in [5, 5.41) is 20.2. The van der Waals surface area contributed by atoms with Crippen molar-refractivity contribution in [2.75, 3.05) is 31.1 Å². The van der Waals surface area contributed by atoms with Gasteiger partial charge in [-0.25, -0.2) is 4.79 Å². The van der Waals surface area contributed by atoms with Gasteiger partial charge in [-0.1, -0.05) is 54.0 Å². The van der Waals surface area contributed by atoms with Crippen molar-refractivity contribution in [3.05, 3.63) is 64.1 Å². The molecule has 0 bridgehead atoms. The number of benzene rings is 2. The fraction of sp³-hybridized carbons (Fsp3) is 0.464. The molecule has 2 aromatic rings. The monoisotopic (exact) mass is 571 g/mol. The van der Waals surface area contributed by atoms with E-state index in [2.05, 4.69) is 34.7 Å². The van der Waals surface area contributed by atoms with Crippen LogP contribution in [0.1, 0.15) is 50.3 Å². The van der Waals surface area contributed by atoms with Crippen LogP contribution < -0.4 is 4.90 Å². The molecule has 2 N–H and O–H groups in total. The highest BCUT2D eigenvalue weighted by molar-refractivity contribution is 9.10. The number of amides is 3. The van der Waals surface area contributed by atoms with E-state index in [1.165, 1.54) is 4.90 Å². The van der Waals surface area contributed by atoms with E-state index in [9.17, 15) is 19.5 Å². The van der Waals surface area contributed by atoms with Gasteiger partial charge >= 0.3 is 12.0 Å². The van der Waals surface area contributed by atoms with E-state index in [1.54, 1.807) is 11.0 Å². The minimum atomic E-state index is -1.00. The molecule has 2 heterocycles. The second-order valence-electron chi connectivity index (χ2n) is 10.4. The van der Waals surface area contributed by atoms with Gasteiger partial charge in [-0.15, -0.1) is 0 Å². The SMILES string of the molecule is CC(C)CCN1C(=O)N(CC(O)c2ccc(Br)cc2)C2(CCN(c3cccc(CC(=O)O)c3)CC2)C1=O. The summed E-state index contributed by atoms with van der Waals surface area (Å²) in [6.07, 6.45) is 0.625. The number of hydrogen-bond donors (Lipinski definition) is 2. The fourth-order valence-electron chi connectivity index (χ4n) is 5.24. The Kier molecular flexibility index (Phi) is 8.23. The van der Waals surface area contributed by atoms with Crippen molar-refractivity contribution in [1.82, 2.24) is 9.80 Å². The van der Waals surface area contributed by atoms with Crippen LogP contribution in [-0.2, 0) is 16.0 Å². The number of carbonyl (C=O) groups is 3. The zero-order chi connectivity index (χ0) is 26.7. The molecule has 1 unspecified atom stereocenters. The van der Waals surface area contributed by atoms with Gasteiger partial charge in [0, 0.05) is 29.8 Å². The maximum Gasteiger partial charge on any atom is 0.327 e. The second kappa shape index (κ2) is 11.2. The molecule has 4 rings (SSSR count). The van der Waals surface area contributed by atoms with Gasteiger partial charge in [0.05, 0.1) is 19.1 Å². The van der Waals surface area contributed by atoms with Crippen molar-refractivity contribution in [2.24, 2.45) is 5.92 Å². The van der Waals surface area contributed by atoms with E-state index in [1.807, 2.05) is 42.5 Å². The van der Waals surface area contributed by atoms with E-state index in [4.69, 9.17) is 5.11 Å². The summed E-state index contributed by atoms with van der Waals surface area (Å²) < 4.78 is 0.895. The van der Waals surface area contributed by atoms with Crippen LogP contribution in [0.2, 0.25) is 0 Å². The normalized spacial score (nSPS) is 18.2. The summed E-state index contributed by atoms with van der Waals surface area (Å²) in [6, 6.07) is 14.4. The number of piperidine rings is 1. The van der Waals surface area contributed by atoms with Crippen LogP contribution in [0.4, 0.5) is 10.5 Å². The molecular weight excluding hydrogens is 538 g/mol. The van der Waals surface area contributed by atoms with E-state index >= 15 is 0 Å². The molecule has 0 aromatic heterocycles. The average molecular weight is 573 g/mol. The van der Waals surface area contributed by atoms with Gasteiger partial charge in [0.1, 0.15) is 5.54 Å². The Bertz CT molecular complexity index is 1140. The summed E-state index contributed by atoms with van der Waals surface area (Å²) in [7, 11) is 0. The Balaban J connectivity index is 1.56. The van der Waals surface area contributed by atoms with Crippen molar-refractivity contribution < 1.29 is 24.6 Å². The number of halogens is 1. The number of aliphatic carboxylic acids is 1. The first-order valence-corrected chi connectivity index (χ1v) is 13.5. The molecule has 1 atom stereocenters. The lowest BCUT2D eigenvalue weighted by atomic mass is 9.85. The van der Waals surface area contributed by atoms with Crippen LogP contribution in [-0.4, -0.2) is 69.6 Å². The van der Waals surface area contributed by atoms with E-state index in [0.29, 0.717) is 44.0 Å². The zero-order valence-electron chi connectivity index (χ0n) is 21.3. The number of hydrogen-bond acceptors (Lipinski definition) is 5. The van der Waals surface area contributed by atoms with Crippen LogP contribution in [0, 0.1) is 5.92 Å². The third kappa shape index (κ3) is 5.83. The number of carbonyl (C=O) groups excluding carboxylic acids is 2. The molecule has 3 amide bonds. The highest BCUT2D eigenvalue weighted by Gasteiger charge is 2.58. The Hall–Kier alpha value is -2.91. The van der Waals surface area contributed by atoms with Gasteiger partial charge in [-0.05, 0) is 60.6 Å². The Labute approximate surface area is 226 Å². The van der Waals surface area contributed by atoms with Gasteiger partial charge < -0.3 is 20.0 Å². The van der Waals surface area contributed by atoms with Crippen LogP contribution in [0.3, 0.4) is 0 Å². The zero-order valence-corrected chi connectivity index (χ0v) is 22.9. The highest BCUT2D eigenvalue weighted by atomic mass is 79.9. The van der Waals surface area contributed by atoms with Crippen LogP contribution >= 0.6 is 15.9 Å². The molecule has 2 aromatic carbocycles. The molecule has 9 heteroatoms. The number of carboxylic acid groups (broad SMARTS) is 1. The van der Waals surface area contributed by atoms with Crippen LogP contribution in [0.15, 0.2) is 53.0 Å². The highest BCUT2D eigenvalue weighted by Crippen LogP contribution is 2.40. The van der Waals surface area contributed by atoms with Gasteiger partial charge in [0.25, 0.3) is 5.91 Å². The standard InChI is InChI=1S/C28H34BrN3O5/c1-19(2)10-13-31-26(36)28(32(27(31)37)18-24(33)21-6-8-22(29)9-7-21)11-14-30(15-12-28)23-5-3-4-20(16-23)17-25(34)35/h3-9,16,19,24,33H,10-15,17-18H2,1-2H3,(H,34,35). The molecule has 2 aliphatic rings. The number of nitrogens with zero attached hydrogens (tertiary/aromatic N) is 3. The minimum absolute atomic E-state index is 0.0402. The lowest BCUT2D eigenvalue weighted by Crippen LogP contribution is -2.57. The molecule has 2 aliphatic heterocycles. The van der Waals surface area contributed by atoms with Gasteiger partial charge in [-0.2, -0.15) is 0 Å². The number of urea groups is 1. The first-order valence-electron chi connectivity index (χ1n) is 12.7. The van der Waals surface area contributed by atoms with Gasteiger partial charge in [0.15, 0.2) is 0 Å². The maximum absolute atomic E-state index is 13.8. The van der Waals surface area contributed by atoms with E-state index < -0.39 is 17.6 Å². The summed E-state index contributed by atoms with van der Waals surface area (Å²) in [5.74, 6) is -0.717. The Morgan fingerprint density at radius 2 is 1.76 bits per heavy atom. The summed E-state index contributed by atoms with van der Waals surface area (Å²) in [6.45, 7) is 5.61. The molecule has 0 saturated carbocycles. The fourth-order valence-corrected chi connectivity index (χ4v) is 5.50. The topological polar surface area (TPSA) is 101 Å². The van der Waals surface area contributed by atoms with E-state index in [0.717, 1.165) is 22.1 Å². The summed E-state index contributed by atoms with van der Waals surface area (Å²) in [4.78, 5) is 43.6. The largest absolute Gasteiger partial charge is 0.481 e. The summed E-state index contributed by atoms with van der Waals surface area (Å²) >= 11 is 3.40. The molecule has 8 nitrogen and oxygen atoms in total. The lowest BCUT2D eigenvalue weighted by molar-refractivity contribution is -0.136. The number of aliphatic hydroxyl groups excluding tert-OH is 1. The van der Waals surface area contributed by atoms with Crippen molar-refractivity contribution in [2.45, 2.75) is 51.2 Å². The molecule has 198 valence electrons. The number of aliphatic hydroxyl groups is 1. The molecule has 2 fully saturated rings. The Morgan fingerprint density at radius 1 is 1.08 bits per heavy atom. The van der Waals surface area contributed by atoms with Crippen LogP contribution in [0.5, 0.6) is 0 Å². The first kappa shape index (κ1) is 27.1. The molecular formula is C28H34BrN3O5. The van der Waals surface area contributed by atoms with Crippen molar-refractivity contribution >= 4 is 39.5 Å². The van der Waals surface area contributed by atoms with E-state index in [-0.39, 0.29) is 24.9 Å². The third-order valence-corrected chi connectivity index (χ3v) is 7.91. The van der Waals surface area contributed by atoms with Crippen molar-refractivity contribution in [1.29, 1.82) is 0 Å². The number of rotatable bonds is 9. The molecule has 1 spiro atoms. The molecule has 2 saturated heterocycles. The van der Waals surface area contributed by atoms with Gasteiger partial charge in [-0.3, -0.25) is 14.5 Å². The van der Waals surface area contributed by atoms with Gasteiger partial charge in [0.2, 0.25) is 0 Å². The number of imide groups is 1. The number of anilines is 1. The predicted octanol–water partition coefficient (Wildman–Crippen LogP) is 4.46. The first-order chi connectivity index (χ1) is 17.6. The third-order valence-electron chi connectivity index (χ3n) is 7.38. The van der Waals surface area contributed by atoms with Crippen molar-refractivity contribution in [3.8, 4) is 0 Å². The average Bonchev–Trinajstić information content (AvgIpc) is 3.04. The molecule has 0 aliphatic carbocycles. The predicted molar refractivity (Wildman–Crippen MR) is 144 cm³/mol. The maximum atomic E-state index is 13.8. The second-order valence-corrected chi connectivity index (χ2v) is 11.3. The summed E-state index contributed by atoms with van der Waals surface area (Å²) in [5.41, 5.74) is 1.31.